The quantitative estimate of drug-likeness (QED) is 0.530. The van der Waals surface area contributed by atoms with Crippen molar-refractivity contribution in [1.82, 2.24) is 14.8 Å². The van der Waals surface area contributed by atoms with E-state index in [9.17, 15) is 9.59 Å². The Kier molecular flexibility index (Phi) is 7.00. The molecule has 2 aromatic rings. The third-order valence-corrected chi connectivity index (χ3v) is 4.46. The Morgan fingerprint density at radius 3 is 2.56 bits per heavy atom. The van der Waals surface area contributed by atoms with Crippen LogP contribution in [-0.2, 0) is 20.9 Å². The third-order valence-electron chi connectivity index (χ3n) is 3.50. The second kappa shape index (κ2) is 9.22. The number of carbonyl (C=O) groups excluding carboxylic acids is 2. The maximum absolute atomic E-state index is 12.7. The lowest BCUT2D eigenvalue weighted by atomic mass is 10.3. The van der Waals surface area contributed by atoms with E-state index in [1.54, 1.807) is 19.1 Å². The van der Waals surface area contributed by atoms with Gasteiger partial charge in [0.2, 0.25) is 5.91 Å². The number of carbonyl (C=O) groups is 2. The zero-order chi connectivity index (χ0) is 18.2. The number of thioether (sulfide) groups is 1. The second-order valence-electron chi connectivity index (χ2n) is 5.18. The zero-order valence-electron chi connectivity index (χ0n) is 14.6. The summed E-state index contributed by atoms with van der Waals surface area (Å²) >= 11 is 1.31. The molecule has 2 rings (SSSR count). The first-order valence-electron chi connectivity index (χ1n) is 8.10. The first kappa shape index (κ1) is 19.0. The summed E-state index contributed by atoms with van der Waals surface area (Å²) in [6, 6.07) is 9.09. The van der Waals surface area contributed by atoms with Crippen molar-refractivity contribution in [2.75, 3.05) is 23.8 Å². The first-order chi connectivity index (χ1) is 12.1. The molecule has 0 radical (unpaired) electrons. The van der Waals surface area contributed by atoms with Gasteiger partial charge in [0.15, 0.2) is 5.16 Å². The fourth-order valence-corrected chi connectivity index (χ4v) is 3.23. The van der Waals surface area contributed by atoms with Crippen molar-refractivity contribution in [1.29, 1.82) is 0 Å². The SMILES string of the molecule is CCOC(=O)CN(C(=O)CSc1nnc(C)n1CC)c1ccccc1. The zero-order valence-corrected chi connectivity index (χ0v) is 15.5. The van der Waals surface area contributed by atoms with Crippen LogP contribution in [0.25, 0.3) is 0 Å². The third kappa shape index (κ3) is 5.06. The van der Waals surface area contributed by atoms with Crippen LogP contribution in [0.2, 0.25) is 0 Å². The van der Waals surface area contributed by atoms with Crippen molar-refractivity contribution < 1.29 is 14.3 Å². The predicted molar refractivity (Wildman–Crippen MR) is 96.6 cm³/mol. The van der Waals surface area contributed by atoms with Crippen LogP contribution in [0.5, 0.6) is 0 Å². The van der Waals surface area contributed by atoms with Crippen molar-refractivity contribution in [2.45, 2.75) is 32.5 Å². The van der Waals surface area contributed by atoms with Crippen LogP contribution in [0.1, 0.15) is 19.7 Å². The standard InChI is InChI=1S/C17H22N4O3S/c1-4-20-13(3)18-19-17(20)25-12-15(22)21(11-16(23)24-5-2)14-9-7-6-8-10-14/h6-10H,4-5,11-12H2,1-3H3. The summed E-state index contributed by atoms with van der Waals surface area (Å²) in [6.45, 7) is 6.52. The molecule has 1 amide bonds. The Morgan fingerprint density at radius 2 is 1.92 bits per heavy atom. The van der Waals surface area contributed by atoms with Gasteiger partial charge < -0.3 is 14.2 Å². The van der Waals surface area contributed by atoms with E-state index in [1.165, 1.54) is 16.7 Å². The Morgan fingerprint density at radius 1 is 1.20 bits per heavy atom. The average molecular weight is 362 g/mol. The highest BCUT2D eigenvalue weighted by Crippen LogP contribution is 2.20. The largest absolute Gasteiger partial charge is 0.465 e. The molecule has 0 unspecified atom stereocenters. The van der Waals surface area contributed by atoms with E-state index >= 15 is 0 Å². The van der Waals surface area contributed by atoms with E-state index in [2.05, 4.69) is 10.2 Å². The minimum absolute atomic E-state index is 0.114. The molecule has 0 aliphatic carbocycles. The lowest BCUT2D eigenvalue weighted by Crippen LogP contribution is -2.37. The molecule has 1 aromatic heterocycles. The van der Waals surface area contributed by atoms with Gasteiger partial charge in [0.05, 0.1) is 12.4 Å². The molecule has 7 nitrogen and oxygen atoms in total. The fraction of sp³-hybridized carbons (Fsp3) is 0.412. The van der Waals surface area contributed by atoms with Gasteiger partial charge in [-0.1, -0.05) is 30.0 Å². The van der Waals surface area contributed by atoms with E-state index in [0.29, 0.717) is 10.8 Å². The van der Waals surface area contributed by atoms with Crippen LogP contribution in [0.4, 0.5) is 5.69 Å². The molecule has 1 heterocycles. The molecule has 0 saturated carbocycles. The number of nitrogens with zero attached hydrogens (tertiary/aromatic N) is 4. The number of anilines is 1. The second-order valence-corrected chi connectivity index (χ2v) is 6.13. The summed E-state index contributed by atoms with van der Waals surface area (Å²) in [5, 5.41) is 8.82. The highest BCUT2D eigenvalue weighted by atomic mass is 32.2. The topological polar surface area (TPSA) is 77.3 Å². The van der Waals surface area contributed by atoms with Crippen molar-refractivity contribution in [2.24, 2.45) is 0 Å². The molecule has 1 aromatic carbocycles. The van der Waals surface area contributed by atoms with Crippen molar-refractivity contribution in [3.05, 3.63) is 36.2 Å². The minimum Gasteiger partial charge on any atom is -0.465 e. The van der Waals surface area contributed by atoms with Crippen LogP contribution in [-0.4, -0.2) is 45.5 Å². The van der Waals surface area contributed by atoms with Gasteiger partial charge in [-0.25, -0.2) is 0 Å². The van der Waals surface area contributed by atoms with Crippen LogP contribution in [0.3, 0.4) is 0 Å². The molecule has 0 saturated heterocycles. The Bertz CT molecular complexity index is 718. The van der Waals surface area contributed by atoms with Crippen LogP contribution >= 0.6 is 11.8 Å². The van der Waals surface area contributed by atoms with Crippen molar-refractivity contribution in [3.8, 4) is 0 Å². The summed E-state index contributed by atoms with van der Waals surface area (Å²) in [5.74, 6) is 0.348. The Hall–Kier alpha value is -2.35. The predicted octanol–water partition coefficient (Wildman–Crippen LogP) is 2.29. The summed E-state index contributed by atoms with van der Waals surface area (Å²) in [4.78, 5) is 26.0. The smallest absolute Gasteiger partial charge is 0.326 e. The number of aromatic nitrogens is 3. The molecule has 25 heavy (non-hydrogen) atoms. The van der Waals surface area contributed by atoms with Crippen LogP contribution < -0.4 is 4.90 Å². The molecule has 0 spiro atoms. The van der Waals surface area contributed by atoms with Gasteiger partial charge in [-0.3, -0.25) is 9.59 Å². The van der Waals surface area contributed by atoms with Gasteiger partial charge >= 0.3 is 5.97 Å². The summed E-state index contributed by atoms with van der Waals surface area (Å²) in [6.07, 6.45) is 0. The number of esters is 1. The van der Waals surface area contributed by atoms with E-state index in [0.717, 1.165) is 12.4 Å². The molecule has 0 fully saturated rings. The van der Waals surface area contributed by atoms with Gasteiger partial charge in [0.1, 0.15) is 12.4 Å². The lowest BCUT2D eigenvalue weighted by Gasteiger charge is -2.21. The number of aryl methyl sites for hydroxylation is 1. The van der Waals surface area contributed by atoms with Gasteiger partial charge in [-0.15, -0.1) is 10.2 Å². The highest BCUT2D eigenvalue weighted by Gasteiger charge is 2.21. The molecule has 0 bridgehead atoms. The highest BCUT2D eigenvalue weighted by molar-refractivity contribution is 7.99. The normalized spacial score (nSPS) is 10.5. The number of hydrogen-bond donors (Lipinski definition) is 0. The Labute approximate surface area is 151 Å². The monoisotopic (exact) mass is 362 g/mol. The van der Waals surface area contributed by atoms with E-state index in [1.807, 2.05) is 36.6 Å². The molecule has 0 aliphatic heterocycles. The number of para-hydroxylation sites is 1. The van der Waals surface area contributed by atoms with Gasteiger partial charge in [-0.2, -0.15) is 0 Å². The summed E-state index contributed by atoms with van der Waals surface area (Å²) in [5.41, 5.74) is 0.661. The van der Waals surface area contributed by atoms with Crippen LogP contribution in [0, 0.1) is 6.92 Å². The summed E-state index contributed by atoms with van der Waals surface area (Å²) < 4.78 is 6.92. The number of amides is 1. The molecule has 0 aliphatic rings. The van der Waals surface area contributed by atoms with Crippen LogP contribution in [0.15, 0.2) is 35.5 Å². The number of benzene rings is 1. The number of hydrogen-bond acceptors (Lipinski definition) is 6. The first-order valence-corrected chi connectivity index (χ1v) is 9.09. The maximum atomic E-state index is 12.7. The molecule has 134 valence electrons. The van der Waals surface area contributed by atoms with E-state index in [-0.39, 0.29) is 24.8 Å². The molecular formula is C17H22N4O3S. The molecule has 0 N–H and O–H groups in total. The summed E-state index contributed by atoms with van der Waals surface area (Å²) in [7, 11) is 0. The van der Waals surface area contributed by atoms with Gasteiger partial charge in [0.25, 0.3) is 0 Å². The van der Waals surface area contributed by atoms with Gasteiger partial charge in [-0.05, 0) is 32.9 Å². The van der Waals surface area contributed by atoms with E-state index in [4.69, 9.17) is 4.74 Å². The Balaban J connectivity index is 2.10. The number of rotatable bonds is 8. The minimum atomic E-state index is -0.433. The molecule has 8 heteroatoms. The van der Waals surface area contributed by atoms with Crippen molar-refractivity contribution >= 4 is 29.3 Å². The van der Waals surface area contributed by atoms with Crippen molar-refractivity contribution in [3.63, 3.8) is 0 Å². The number of ether oxygens (including phenoxy) is 1. The molecule has 0 atom stereocenters. The van der Waals surface area contributed by atoms with E-state index < -0.39 is 5.97 Å². The maximum Gasteiger partial charge on any atom is 0.326 e. The van der Waals surface area contributed by atoms with Gasteiger partial charge in [0, 0.05) is 12.2 Å². The average Bonchev–Trinajstić information content (AvgIpc) is 2.98. The lowest BCUT2D eigenvalue weighted by molar-refractivity contribution is -0.142. The fourth-order valence-electron chi connectivity index (χ4n) is 2.30. The molecular weight excluding hydrogens is 340 g/mol.